The van der Waals surface area contributed by atoms with Crippen LogP contribution in [0.2, 0.25) is 0 Å². The molecule has 13 heteroatoms. The monoisotopic (exact) mass is 573 g/mol. The molecule has 0 aromatic heterocycles. The molecule has 0 unspecified atom stereocenters. The number of anilines is 1. The second kappa shape index (κ2) is 11.4. The number of fused-ring (bicyclic) bond motifs is 1. The van der Waals surface area contributed by atoms with Crippen LogP contribution in [0.5, 0.6) is 23.0 Å². The number of rotatable bonds is 7. The van der Waals surface area contributed by atoms with Crippen molar-refractivity contribution < 1.29 is 41.7 Å². The summed E-state index contributed by atoms with van der Waals surface area (Å²) in [6, 6.07) is 17.0. The van der Waals surface area contributed by atoms with Crippen molar-refractivity contribution in [3.63, 3.8) is 0 Å². The van der Waals surface area contributed by atoms with Crippen LogP contribution in [0.25, 0.3) is 0 Å². The number of hydrogen-bond acceptors (Lipinski definition) is 8. The highest BCUT2D eigenvalue weighted by molar-refractivity contribution is 8.15. The van der Waals surface area contributed by atoms with Crippen molar-refractivity contribution in [3.05, 3.63) is 72.3 Å². The van der Waals surface area contributed by atoms with Crippen molar-refractivity contribution in [1.82, 2.24) is 4.90 Å². The van der Waals surface area contributed by atoms with E-state index in [0.717, 1.165) is 29.5 Å². The van der Waals surface area contributed by atoms with Crippen LogP contribution in [0.3, 0.4) is 0 Å². The summed E-state index contributed by atoms with van der Waals surface area (Å²) in [7, 11) is 1.55. The summed E-state index contributed by atoms with van der Waals surface area (Å²) in [5.74, 6) is 0.598. The van der Waals surface area contributed by atoms with Gasteiger partial charge in [-0.05, 0) is 66.2 Å². The number of aliphatic imine (C=N–C) groups is 1. The molecule has 1 fully saturated rings. The van der Waals surface area contributed by atoms with Gasteiger partial charge in [0.25, 0.3) is 0 Å². The smallest absolute Gasteiger partial charge is 0.497 e. The van der Waals surface area contributed by atoms with E-state index in [1.54, 1.807) is 43.5 Å². The van der Waals surface area contributed by atoms with Gasteiger partial charge in [0.2, 0.25) is 18.6 Å². The van der Waals surface area contributed by atoms with Gasteiger partial charge in [0.15, 0.2) is 16.7 Å². The van der Waals surface area contributed by atoms with Gasteiger partial charge in [-0.2, -0.15) is 0 Å². The summed E-state index contributed by atoms with van der Waals surface area (Å²) < 4.78 is 57.1. The molecule has 208 valence electrons. The summed E-state index contributed by atoms with van der Waals surface area (Å²) in [6.45, 7) is 0.308. The number of thioether (sulfide) groups is 1. The number of benzene rings is 3. The van der Waals surface area contributed by atoms with E-state index in [0.29, 0.717) is 28.1 Å². The van der Waals surface area contributed by atoms with E-state index in [-0.39, 0.29) is 31.4 Å². The fourth-order valence-corrected chi connectivity index (χ4v) is 5.05. The summed E-state index contributed by atoms with van der Waals surface area (Å²) in [5, 5.41) is 2.13. The average molecular weight is 574 g/mol. The van der Waals surface area contributed by atoms with Crippen molar-refractivity contribution >= 4 is 40.1 Å². The fourth-order valence-electron chi connectivity index (χ4n) is 3.95. The Balaban J connectivity index is 1.35. The molecule has 3 aromatic carbocycles. The minimum atomic E-state index is -4.82. The summed E-state index contributed by atoms with van der Waals surface area (Å²) in [4.78, 5) is 32.6. The number of alkyl halides is 3. The maximum absolute atomic E-state index is 13.3. The van der Waals surface area contributed by atoms with Crippen molar-refractivity contribution in [2.75, 3.05) is 19.2 Å². The van der Waals surface area contributed by atoms with Gasteiger partial charge in [-0.1, -0.05) is 17.8 Å². The first-order chi connectivity index (χ1) is 19.2. The highest BCUT2D eigenvalue weighted by atomic mass is 32.2. The third kappa shape index (κ3) is 6.60. The SMILES string of the molecule is COc1ccc(N=C2S[C@H](C(=O)Nc3ccc(OC(F)(F)F)cc3)CC(=O)N2Cc2ccc3c(c2)OCO3)cc1. The molecule has 5 rings (SSSR count). The quantitative estimate of drug-likeness (QED) is 0.400. The van der Waals surface area contributed by atoms with Crippen molar-refractivity contribution in [1.29, 1.82) is 0 Å². The van der Waals surface area contributed by atoms with Gasteiger partial charge in [0.05, 0.1) is 19.3 Å². The lowest BCUT2D eigenvalue weighted by atomic mass is 10.1. The standard InChI is InChI=1S/C27H22F3N3O6S/c1-36-19-7-3-18(4-8-19)32-26-33(14-16-2-11-21-22(12-16)38-15-37-21)24(34)13-23(40-26)25(35)31-17-5-9-20(10-6-17)39-27(28,29)30/h2-12,23H,13-15H2,1H3,(H,31,35)/t23-/m0/s1. The third-order valence-electron chi connectivity index (χ3n) is 5.86. The fraction of sp³-hybridized carbons (Fsp3) is 0.222. The maximum Gasteiger partial charge on any atom is 0.573 e. The number of amides is 2. The first kappa shape index (κ1) is 27.2. The first-order valence-corrected chi connectivity index (χ1v) is 12.8. The van der Waals surface area contributed by atoms with E-state index >= 15 is 0 Å². The second-order valence-corrected chi connectivity index (χ2v) is 9.80. The average Bonchev–Trinajstić information content (AvgIpc) is 3.39. The number of methoxy groups -OCH3 is 1. The van der Waals surface area contributed by atoms with Gasteiger partial charge in [0.1, 0.15) is 16.7 Å². The van der Waals surface area contributed by atoms with Crippen LogP contribution < -0.4 is 24.3 Å². The van der Waals surface area contributed by atoms with Crippen LogP contribution in [0.4, 0.5) is 24.5 Å². The number of carbonyl (C=O) groups excluding carboxylic acids is 2. The van der Waals surface area contributed by atoms with Gasteiger partial charge >= 0.3 is 6.36 Å². The van der Waals surface area contributed by atoms with Crippen LogP contribution in [-0.2, 0) is 16.1 Å². The molecule has 1 atom stereocenters. The van der Waals surface area contributed by atoms with Crippen LogP contribution in [0, 0.1) is 0 Å². The highest BCUT2D eigenvalue weighted by Gasteiger charge is 2.36. The largest absolute Gasteiger partial charge is 0.573 e. The molecule has 9 nitrogen and oxygen atoms in total. The van der Waals surface area contributed by atoms with Crippen LogP contribution >= 0.6 is 11.8 Å². The molecule has 0 bridgehead atoms. The van der Waals surface area contributed by atoms with Crippen LogP contribution in [0.15, 0.2) is 71.7 Å². The zero-order valence-electron chi connectivity index (χ0n) is 20.9. The molecule has 0 aliphatic carbocycles. The normalized spacial score (nSPS) is 17.6. The van der Waals surface area contributed by atoms with E-state index in [2.05, 4.69) is 15.0 Å². The number of carbonyl (C=O) groups is 2. The van der Waals surface area contributed by atoms with Crippen LogP contribution in [0.1, 0.15) is 12.0 Å². The Morgan fingerprint density at radius 1 is 1.05 bits per heavy atom. The molecule has 0 spiro atoms. The lowest BCUT2D eigenvalue weighted by molar-refractivity contribution is -0.274. The number of ether oxygens (including phenoxy) is 4. The van der Waals surface area contributed by atoms with E-state index in [1.807, 2.05) is 6.07 Å². The first-order valence-electron chi connectivity index (χ1n) is 11.9. The topological polar surface area (TPSA) is 98.7 Å². The number of nitrogens with one attached hydrogen (secondary N) is 1. The molecule has 2 aliphatic heterocycles. The minimum Gasteiger partial charge on any atom is -0.497 e. The van der Waals surface area contributed by atoms with Gasteiger partial charge in [0, 0.05) is 12.1 Å². The molecular formula is C27H22F3N3O6S. The maximum atomic E-state index is 13.3. The van der Waals surface area contributed by atoms with E-state index in [1.165, 1.54) is 17.0 Å². The van der Waals surface area contributed by atoms with E-state index in [4.69, 9.17) is 14.2 Å². The Kier molecular flexibility index (Phi) is 7.74. The Morgan fingerprint density at radius 2 is 1.75 bits per heavy atom. The Hall–Kier alpha value is -4.39. The molecule has 2 amide bonds. The summed E-state index contributed by atoms with van der Waals surface area (Å²) in [5.41, 5.74) is 1.59. The van der Waals surface area contributed by atoms with Crippen molar-refractivity contribution in [3.8, 4) is 23.0 Å². The number of amidine groups is 1. The molecule has 40 heavy (non-hydrogen) atoms. The molecule has 2 aliphatic rings. The summed E-state index contributed by atoms with van der Waals surface area (Å²) in [6.07, 6.45) is -4.94. The Labute approximate surface area is 230 Å². The van der Waals surface area contributed by atoms with Crippen molar-refractivity contribution in [2.45, 2.75) is 24.6 Å². The molecule has 3 aromatic rings. The lowest BCUT2D eigenvalue weighted by Crippen LogP contribution is -2.44. The summed E-state index contributed by atoms with van der Waals surface area (Å²) >= 11 is 1.11. The number of hydrogen-bond donors (Lipinski definition) is 1. The third-order valence-corrected chi connectivity index (χ3v) is 7.05. The number of nitrogens with zero attached hydrogens (tertiary/aromatic N) is 2. The lowest BCUT2D eigenvalue weighted by Gasteiger charge is -2.32. The van der Waals surface area contributed by atoms with Gasteiger partial charge < -0.3 is 24.3 Å². The highest BCUT2D eigenvalue weighted by Crippen LogP contribution is 2.35. The van der Waals surface area contributed by atoms with Crippen molar-refractivity contribution in [2.24, 2.45) is 4.99 Å². The Morgan fingerprint density at radius 3 is 2.45 bits per heavy atom. The molecule has 2 heterocycles. The van der Waals surface area contributed by atoms with Gasteiger partial charge in [-0.15, -0.1) is 13.2 Å². The zero-order chi connectivity index (χ0) is 28.3. The molecular weight excluding hydrogens is 551 g/mol. The molecule has 1 N–H and O–H groups in total. The minimum absolute atomic E-state index is 0.113. The van der Waals surface area contributed by atoms with Crippen LogP contribution in [-0.4, -0.2) is 47.4 Å². The van der Waals surface area contributed by atoms with Gasteiger partial charge in [-0.3, -0.25) is 14.5 Å². The molecule has 1 saturated heterocycles. The van der Waals surface area contributed by atoms with E-state index < -0.39 is 23.3 Å². The molecule has 0 saturated carbocycles. The zero-order valence-corrected chi connectivity index (χ0v) is 21.8. The van der Waals surface area contributed by atoms with Gasteiger partial charge in [-0.25, -0.2) is 4.99 Å². The number of halogens is 3. The molecule has 0 radical (unpaired) electrons. The predicted octanol–water partition coefficient (Wildman–Crippen LogP) is 5.48. The second-order valence-electron chi connectivity index (χ2n) is 8.63. The Bertz CT molecular complexity index is 1430. The van der Waals surface area contributed by atoms with E-state index in [9.17, 15) is 22.8 Å². The predicted molar refractivity (Wildman–Crippen MR) is 141 cm³/mol.